The van der Waals surface area contributed by atoms with Crippen LogP contribution in [-0.4, -0.2) is 15.0 Å². The molecule has 4 nitrogen and oxygen atoms in total. The van der Waals surface area contributed by atoms with Gasteiger partial charge in [0.2, 0.25) is 0 Å². The second-order valence-electron chi connectivity index (χ2n) is 12.8. The van der Waals surface area contributed by atoms with Gasteiger partial charge in [-0.15, -0.1) is 0 Å². The Morgan fingerprint density at radius 1 is 0.500 bits per heavy atom. The molecule has 0 fully saturated rings. The van der Waals surface area contributed by atoms with Gasteiger partial charge in [0.25, 0.3) is 0 Å². The Kier molecular flexibility index (Phi) is 6.65. The molecule has 0 bridgehead atoms. The van der Waals surface area contributed by atoms with E-state index in [2.05, 4.69) is 68.4 Å². The lowest BCUT2D eigenvalue weighted by Crippen LogP contribution is -2.31. The van der Waals surface area contributed by atoms with Gasteiger partial charge in [-0.2, -0.15) is 0 Å². The third-order valence-corrected chi connectivity index (χ3v) is 14.2. The molecule has 1 atom stereocenters. The fourth-order valence-corrected chi connectivity index (χ4v) is 11.9. The van der Waals surface area contributed by atoms with E-state index in [4.69, 9.17) is 15.0 Å². The van der Waals surface area contributed by atoms with E-state index in [1.165, 1.54) is 22.3 Å². The summed E-state index contributed by atoms with van der Waals surface area (Å²) in [7, 11) is -3.31. The molecule has 6 heteroatoms. The van der Waals surface area contributed by atoms with E-state index in [1.54, 1.807) is 11.8 Å². The molecule has 2 aliphatic rings. The minimum absolute atomic E-state index is 0.145. The Hall–Kier alpha value is -5.09. The third-order valence-electron chi connectivity index (χ3n) is 9.60. The van der Waals surface area contributed by atoms with Crippen LogP contribution in [0, 0.1) is 0 Å². The van der Waals surface area contributed by atoms with Gasteiger partial charge < -0.3 is 4.57 Å². The van der Waals surface area contributed by atoms with Crippen LogP contribution in [0.25, 0.3) is 45.3 Å². The molecular weight excluding hydrogens is 626 g/mol. The van der Waals surface area contributed by atoms with Gasteiger partial charge in [-0.3, -0.25) is 0 Å². The van der Waals surface area contributed by atoms with Crippen LogP contribution >= 0.6 is 18.9 Å². The molecule has 0 N–H and O–H groups in total. The molecule has 0 saturated carbocycles. The first kappa shape index (κ1) is 29.1. The molecule has 0 amide bonds. The van der Waals surface area contributed by atoms with Crippen LogP contribution in [0.2, 0.25) is 0 Å². The van der Waals surface area contributed by atoms with Crippen molar-refractivity contribution in [2.24, 2.45) is 0 Å². The molecule has 1 aromatic heterocycles. The van der Waals surface area contributed by atoms with Crippen LogP contribution in [0.15, 0.2) is 155 Å². The van der Waals surface area contributed by atoms with Gasteiger partial charge in [-0.05, 0) is 46.5 Å². The Bertz CT molecular complexity index is 2370. The molecule has 2 heterocycles. The second kappa shape index (κ2) is 11.0. The summed E-state index contributed by atoms with van der Waals surface area (Å²) in [5, 5.41) is 2.53. The average Bonchev–Trinajstić information content (AvgIpc) is 3.37. The topological polar surface area (TPSA) is 55.7 Å². The summed E-state index contributed by atoms with van der Waals surface area (Å²) < 4.78 is 16.0. The van der Waals surface area contributed by atoms with Gasteiger partial charge in [0.05, 0.1) is 0 Å². The Balaban J connectivity index is 1.26. The van der Waals surface area contributed by atoms with Crippen molar-refractivity contribution in [3.8, 4) is 45.3 Å². The maximum Gasteiger partial charge on any atom is 0.173 e. The smallest absolute Gasteiger partial charge is 0.173 e. The standard InChI is InChI=1S/C42H30N3OPS/c1-42(2)33-21-13-12-20-31(33)32-25-36-38(26-34(32)42)48-37-23-22-29(24-35(37)47(36,46)30-18-10-5-11-19-30)41-44-39(27-14-6-3-7-15-27)43-40(45-41)28-16-8-4-9-17-28/h3-26H,1-2H3. The summed E-state index contributed by atoms with van der Waals surface area (Å²) in [4.78, 5) is 16.9. The van der Waals surface area contributed by atoms with Gasteiger partial charge in [0, 0.05) is 47.8 Å². The zero-order chi connectivity index (χ0) is 32.5. The lowest BCUT2D eigenvalue weighted by Gasteiger charge is -2.31. The number of nitrogens with zero attached hydrogens (tertiary/aromatic N) is 3. The van der Waals surface area contributed by atoms with Crippen LogP contribution < -0.4 is 15.9 Å². The maximum absolute atomic E-state index is 16.0. The highest BCUT2D eigenvalue weighted by atomic mass is 32.2. The van der Waals surface area contributed by atoms with E-state index >= 15 is 4.57 Å². The minimum atomic E-state index is -3.31. The Labute approximate surface area is 284 Å². The molecule has 0 radical (unpaired) electrons. The molecule has 1 aliphatic carbocycles. The van der Waals surface area contributed by atoms with E-state index in [0.717, 1.165) is 42.4 Å². The Morgan fingerprint density at radius 2 is 1.04 bits per heavy atom. The molecule has 1 unspecified atom stereocenters. The SMILES string of the molecule is CC1(C)c2ccccc2-c2cc3c(cc21)Sc1ccc(-c2nc(-c4ccccc4)nc(-c4ccccc4)n2)cc1P3(=O)c1ccccc1. The molecule has 48 heavy (non-hydrogen) atoms. The van der Waals surface area contributed by atoms with Crippen molar-refractivity contribution in [1.82, 2.24) is 15.0 Å². The van der Waals surface area contributed by atoms with Crippen molar-refractivity contribution in [2.45, 2.75) is 29.1 Å². The third kappa shape index (κ3) is 4.46. The van der Waals surface area contributed by atoms with Crippen molar-refractivity contribution in [1.29, 1.82) is 0 Å². The lowest BCUT2D eigenvalue weighted by atomic mass is 9.82. The molecule has 9 rings (SSSR count). The normalized spacial score (nSPS) is 16.8. The summed E-state index contributed by atoms with van der Waals surface area (Å²) in [6.07, 6.45) is 0. The molecule has 230 valence electrons. The lowest BCUT2D eigenvalue weighted by molar-refractivity contribution is 0.591. The summed E-state index contributed by atoms with van der Waals surface area (Å²) in [5.41, 5.74) is 7.45. The average molecular weight is 656 g/mol. The summed E-state index contributed by atoms with van der Waals surface area (Å²) in [6, 6.07) is 49.3. The van der Waals surface area contributed by atoms with Gasteiger partial charge in [-0.1, -0.05) is 147 Å². The van der Waals surface area contributed by atoms with E-state index in [1.807, 2.05) is 91.0 Å². The first-order valence-electron chi connectivity index (χ1n) is 16.1. The van der Waals surface area contributed by atoms with Crippen LogP contribution in [0.4, 0.5) is 0 Å². The molecule has 1 aliphatic heterocycles. The maximum atomic E-state index is 16.0. The van der Waals surface area contributed by atoms with Gasteiger partial charge in [-0.25, -0.2) is 15.0 Å². The van der Waals surface area contributed by atoms with Gasteiger partial charge in [0.15, 0.2) is 24.6 Å². The van der Waals surface area contributed by atoms with E-state index in [9.17, 15) is 0 Å². The zero-order valence-corrected chi connectivity index (χ0v) is 28.2. The monoisotopic (exact) mass is 655 g/mol. The molecule has 6 aromatic carbocycles. The molecule has 0 spiro atoms. The van der Waals surface area contributed by atoms with E-state index in [-0.39, 0.29) is 5.41 Å². The highest BCUT2D eigenvalue weighted by molar-refractivity contribution is 8.02. The number of hydrogen-bond donors (Lipinski definition) is 0. The van der Waals surface area contributed by atoms with Crippen LogP contribution in [-0.2, 0) is 9.98 Å². The predicted molar refractivity (Wildman–Crippen MR) is 197 cm³/mol. The van der Waals surface area contributed by atoms with Gasteiger partial charge in [0.1, 0.15) is 0 Å². The number of aromatic nitrogens is 3. The predicted octanol–water partition coefficient (Wildman–Crippen LogP) is 9.28. The highest BCUT2D eigenvalue weighted by Crippen LogP contribution is 2.57. The fraction of sp³-hybridized carbons (Fsp3) is 0.0714. The summed E-state index contributed by atoms with van der Waals surface area (Å²) in [6.45, 7) is 4.58. The number of rotatable bonds is 4. The first-order valence-corrected chi connectivity index (χ1v) is 18.6. The van der Waals surface area contributed by atoms with Crippen molar-refractivity contribution in [3.05, 3.63) is 157 Å². The minimum Gasteiger partial charge on any atom is -0.309 e. The van der Waals surface area contributed by atoms with E-state index in [0.29, 0.717) is 17.5 Å². The summed E-state index contributed by atoms with van der Waals surface area (Å²) in [5.74, 6) is 1.74. The zero-order valence-electron chi connectivity index (χ0n) is 26.5. The van der Waals surface area contributed by atoms with Crippen LogP contribution in [0.3, 0.4) is 0 Å². The Morgan fingerprint density at radius 3 is 1.69 bits per heavy atom. The van der Waals surface area contributed by atoms with Crippen molar-refractivity contribution in [2.75, 3.05) is 0 Å². The van der Waals surface area contributed by atoms with Crippen molar-refractivity contribution < 1.29 is 4.57 Å². The van der Waals surface area contributed by atoms with Gasteiger partial charge >= 0.3 is 0 Å². The summed E-state index contributed by atoms with van der Waals surface area (Å²) >= 11 is 1.70. The van der Waals surface area contributed by atoms with Crippen molar-refractivity contribution in [3.63, 3.8) is 0 Å². The highest BCUT2D eigenvalue weighted by Gasteiger charge is 2.42. The van der Waals surface area contributed by atoms with Crippen molar-refractivity contribution >= 4 is 34.8 Å². The number of fused-ring (bicyclic) bond motifs is 5. The first-order chi connectivity index (χ1) is 23.4. The number of hydrogen-bond acceptors (Lipinski definition) is 5. The largest absolute Gasteiger partial charge is 0.309 e. The quantitative estimate of drug-likeness (QED) is 0.177. The second-order valence-corrected chi connectivity index (χ2v) is 16.6. The molecular formula is C42H30N3OPS. The van der Waals surface area contributed by atoms with Crippen LogP contribution in [0.5, 0.6) is 0 Å². The molecule has 0 saturated heterocycles. The fourth-order valence-electron chi connectivity index (χ4n) is 7.14. The van der Waals surface area contributed by atoms with E-state index < -0.39 is 7.14 Å². The molecule has 7 aromatic rings. The number of benzene rings is 6. The van der Waals surface area contributed by atoms with Crippen LogP contribution in [0.1, 0.15) is 25.0 Å².